The quantitative estimate of drug-likeness (QED) is 0.867. The first-order valence-electron chi connectivity index (χ1n) is 8.28. The smallest absolute Gasteiger partial charge is 0.306 e. The second-order valence-corrected chi connectivity index (χ2v) is 6.04. The van der Waals surface area contributed by atoms with Crippen LogP contribution in [0.3, 0.4) is 0 Å². The highest BCUT2D eigenvalue weighted by atomic mass is 19.2. The molecule has 142 valence electrons. The number of aliphatic carboxylic acids is 1. The lowest BCUT2D eigenvalue weighted by Gasteiger charge is -2.32. The van der Waals surface area contributed by atoms with Gasteiger partial charge < -0.3 is 19.5 Å². The summed E-state index contributed by atoms with van der Waals surface area (Å²) >= 11 is 0. The zero-order valence-electron chi connectivity index (χ0n) is 14.2. The van der Waals surface area contributed by atoms with Crippen molar-refractivity contribution in [3.63, 3.8) is 0 Å². The number of benzene rings is 2. The van der Waals surface area contributed by atoms with E-state index in [1.807, 2.05) is 0 Å². The Morgan fingerprint density at radius 3 is 2.48 bits per heavy atom. The monoisotopic (exact) mass is 377 g/mol. The number of halogens is 2. The molecule has 1 aliphatic rings. The van der Waals surface area contributed by atoms with Crippen molar-refractivity contribution in [1.29, 1.82) is 0 Å². The number of amides is 1. The summed E-state index contributed by atoms with van der Waals surface area (Å²) in [6.07, 6.45) is -0.693. The molecule has 0 spiro atoms. The molecule has 27 heavy (non-hydrogen) atoms. The molecule has 0 saturated carbocycles. The molecule has 1 saturated heterocycles. The molecule has 2 aromatic carbocycles. The van der Waals surface area contributed by atoms with Gasteiger partial charge >= 0.3 is 5.97 Å². The molecule has 1 atom stereocenters. The lowest BCUT2D eigenvalue weighted by molar-refractivity contribution is -0.141. The Bertz CT molecular complexity index is 840. The Kier molecular flexibility index (Phi) is 5.66. The number of morpholine rings is 1. The van der Waals surface area contributed by atoms with Gasteiger partial charge in [-0.1, -0.05) is 0 Å². The van der Waals surface area contributed by atoms with Crippen LogP contribution in [0.4, 0.5) is 8.78 Å². The Morgan fingerprint density at radius 1 is 1.11 bits per heavy atom. The number of carbonyl (C=O) groups is 2. The van der Waals surface area contributed by atoms with Crippen molar-refractivity contribution in [2.24, 2.45) is 0 Å². The predicted octanol–water partition coefficient (Wildman–Crippen LogP) is 3.07. The van der Waals surface area contributed by atoms with Gasteiger partial charge in [-0.2, -0.15) is 0 Å². The molecule has 1 amide bonds. The minimum absolute atomic E-state index is 0.137. The number of rotatable bonds is 5. The number of hydrogen-bond acceptors (Lipinski definition) is 4. The third kappa shape index (κ3) is 4.79. The van der Waals surface area contributed by atoms with Crippen molar-refractivity contribution in [2.75, 3.05) is 19.7 Å². The third-order valence-corrected chi connectivity index (χ3v) is 4.06. The first kappa shape index (κ1) is 18.8. The number of carbonyl (C=O) groups excluding carboxylic acids is 1. The first-order valence-corrected chi connectivity index (χ1v) is 8.28. The van der Waals surface area contributed by atoms with Crippen molar-refractivity contribution in [3.05, 3.63) is 59.7 Å². The van der Waals surface area contributed by atoms with E-state index < -0.39 is 23.7 Å². The summed E-state index contributed by atoms with van der Waals surface area (Å²) in [5, 5.41) is 8.85. The van der Waals surface area contributed by atoms with Gasteiger partial charge in [0.2, 0.25) is 0 Å². The van der Waals surface area contributed by atoms with E-state index in [1.54, 1.807) is 29.2 Å². The molecule has 3 rings (SSSR count). The summed E-state index contributed by atoms with van der Waals surface area (Å²) in [6.45, 7) is 0.862. The molecule has 0 radical (unpaired) electrons. The van der Waals surface area contributed by atoms with E-state index >= 15 is 0 Å². The van der Waals surface area contributed by atoms with Crippen LogP contribution in [0.25, 0.3) is 0 Å². The molecule has 0 bridgehead atoms. The molecule has 6 nitrogen and oxygen atoms in total. The Labute approximate surface area is 153 Å². The first-order chi connectivity index (χ1) is 12.9. The zero-order chi connectivity index (χ0) is 19.4. The summed E-state index contributed by atoms with van der Waals surface area (Å²) < 4.78 is 37.0. The van der Waals surface area contributed by atoms with E-state index in [1.165, 1.54) is 6.07 Å². The minimum atomic E-state index is -1.01. The van der Waals surface area contributed by atoms with Crippen molar-refractivity contribution >= 4 is 11.9 Å². The van der Waals surface area contributed by atoms with Gasteiger partial charge in [-0.3, -0.25) is 9.59 Å². The summed E-state index contributed by atoms with van der Waals surface area (Å²) in [5.41, 5.74) is 0.406. The van der Waals surface area contributed by atoms with Crippen LogP contribution in [0.15, 0.2) is 42.5 Å². The van der Waals surface area contributed by atoms with E-state index in [9.17, 15) is 18.4 Å². The van der Waals surface area contributed by atoms with Crippen molar-refractivity contribution in [2.45, 2.75) is 12.5 Å². The topological polar surface area (TPSA) is 76.1 Å². The van der Waals surface area contributed by atoms with Crippen LogP contribution in [0.5, 0.6) is 11.5 Å². The maximum atomic E-state index is 13.2. The number of nitrogens with zero attached hydrogens (tertiary/aromatic N) is 1. The van der Waals surface area contributed by atoms with Crippen LogP contribution in [0.2, 0.25) is 0 Å². The zero-order valence-corrected chi connectivity index (χ0v) is 14.2. The summed E-state index contributed by atoms with van der Waals surface area (Å²) in [6, 6.07) is 9.40. The Morgan fingerprint density at radius 2 is 1.81 bits per heavy atom. The maximum Gasteiger partial charge on any atom is 0.306 e. The lowest BCUT2D eigenvalue weighted by atomic mass is 10.1. The average Bonchev–Trinajstić information content (AvgIpc) is 2.64. The minimum Gasteiger partial charge on any atom is -0.481 e. The number of carboxylic acids is 1. The molecule has 8 heteroatoms. The molecular formula is C19H17F2NO5. The molecule has 0 unspecified atom stereocenters. The normalized spacial score (nSPS) is 16.8. The summed E-state index contributed by atoms with van der Waals surface area (Å²) in [4.78, 5) is 24.9. The molecule has 1 heterocycles. The second-order valence-electron chi connectivity index (χ2n) is 6.04. The number of ether oxygens (including phenoxy) is 2. The van der Waals surface area contributed by atoms with Crippen molar-refractivity contribution in [1.82, 2.24) is 4.90 Å². The molecular weight excluding hydrogens is 360 g/mol. The number of carboxylic acid groups (broad SMARTS) is 1. The van der Waals surface area contributed by atoms with E-state index in [4.69, 9.17) is 14.6 Å². The highest BCUT2D eigenvalue weighted by Gasteiger charge is 2.26. The average molecular weight is 377 g/mol. The van der Waals surface area contributed by atoms with Crippen LogP contribution in [0, 0.1) is 11.6 Å². The van der Waals surface area contributed by atoms with Gasteiger partial charge in [-0.15, -0.1) is 0 Å². The predicted molar refractivity (Wildman–Crippen MR) is 90.8 cm³/mol. The molecule has 1 N–H and O–H groups in total. The fourth-order valence-corrected chi connectivity index (χ4v) is 2.75. The molecule has 0 aromatic heterocycles. The van der Waals surface area contributed by atoms with Crippen LogP contribution in [0.1, 0.15) is 16.8 Å². The number of hydrogen-bond donors (Lipinski definition) is 1. The van der Waals surface area contributed by atoms with E-state index in [-0.39, 0.29) is 31.2 Å². The molecule has 2 aromatic rings. The van der Waals surface area contributed by atoms with Crippen molar-refractivity contribution < 1.29 is 33.0 Å². The fourth-order valence-electron chi connectivity index (χ4n) is 2.75. The van der Waals surface area contributed by atoms with Crippen LogP contribution < -0.4 is 4.74 Å². The summed E-state index contributed by atoms with van der Waals surface area (Å²) in [7, 11) is 0. The standard InChI is InChI=1S/C19H17F2NO5/c20-16-6-5-14(9-17(16)21)27-13-3-1-12(2-4-13)19(25)22-7-8-26-15(11-22)10-18(23)24/h1-6,9,15H,7-8,10-11H2,(H,23,24)/t15-/m0/s1. The molecule has 1 aliphatic heterocycles. The Hall–Kier alpha value is -3.00. The molecule has 1 fully saturated rings. The van der Waals surface area contributed by atoms with Gasteiger partial charge in [0, 0.05) is 24.7 Å². The van der Waals surface area contributed by atoms with Crippen LogP contribution in [-0.2, 0) is 9.53 Å². The SMILES string of the molecule is O=C(O)C[C@H]1CN(C(=O)c2ccc(Oc3ccc(F)c(F)c3)cc2)CCO1. The van der Waals surface area contributed by atoms with Gasteiger partial charge in [0.15, 0.2) is 11.6 Å². The van der Waals surface area contributed by atoms with Crippen molar-refractivity contribution in [3.8, 4) is 11.5 Å². The van der Waals surface area contributed by atoms with Gasteiger partial charge in [0.1, 0.15) is 11.5 Å². The highest BCUT2D eigenvalue weighted by molar-refractivity contribution is 5.94. The third-order valence-electron chi connectivity index (χ3n) is 4.06. The fraction of sp³-hybridized carbons (Fsp3) is 0.263. The van der Waals surface area contributed by atoms with Gasteiger partial charge in [0.25, 0.3) is 5.91 Å². The van der Waals surface area contributed by atoms with E-state index in [0.717, 1.165) is 12.1 Å². The molecule has 0 aliphatic carbocycles. The van der Waals surface area contributed by atoms with E-state index in [2.05, 4.69) is 0 Å². The van der Waals surface area contributed by atoms with Crippen LogP contribution >= 0.6 is 0 Å². The maximum absolute atomic E-state index is 13.2. The Balaban J connectivity index is 1.64. The highest BCUT2D eigenvalue weighted by Crippen LogP contribution is 2.24. The second kappa shape index (κ2) is 8.13. The largest absolute Gasteiger partial charge is 0.481 e. The van der Waals surface area contributed by atoms with Gasteiger partial charge in [-0.05, 0) is 36.4 Å². The van der Waals surface area contributed by atoms with Gasteiger partial charge in [-0.25, -0.2) is 8.78 Å². The van der Waals surface area contributed by atoms with E-state index in [0.29, 0.717) is 17.9 Å². The van der Waals surface area contributed by atoms with Gasteiger partial charge in [0.05, 0.1) is 19.1 Å². The van der Waals surface area contributed by atoms with Crippen LogP contribution in [-0.4, -0.2) is 47.7 Å². The summed E-state index contributed by atoms with van der Waals surface area (Å²) in [5.74, 6) is -2.69. The lowest BCUT2D eigenvalue weighted by Crippen LogP contribution is -2.46.